The Morgan fingerprint density at radius 2 is 2.05 bits per heavy atom. The van der Waals surface area contributed by atoms with Gasteiger partial charge >= 0.3 is 0 Å². The van der Waals surface area contributed by atoms with E-state index in [2.05, 4.69) is 22.1 Å². The third-order valence-corrected chi connectivity index (χ3v) is 4.56. The van der Waals surface area contributed by atoms with E-state index in [4.69, 9.17) is 0 Å². The highest BCUT2D eigenvalue weighted by Crippen LogP contribution is 2.33. The fourth-order valence-electron chi connectivity index (χ4n) is 2.73. The van der Waals surface area contributed by atoms with E-state index in [1.807, 2.05) is 17.8 Å². The Labute approximate surface area is 113 Å². The van der Waals surface area contributed by atoms with Gasteiger partial charge in [-0.2, -0.15) is 0 Å². The van der Waals surface area contributed by atoms with Crippen LogP contribution in [0.2, 0.25) is 0 Å². The molecule has 5 nitrogen and oxygen atoms in total. The topological polar surface area (TPSA) is 50.2 Å². The minimum Gasteiger partial charge on any atom is -0.352 e. The summed E-state index contributed by atoms with van der Waals surface area (Å²) in [4.78, 5) is 18.9. The summed E-state index contributed by atoms with van der Waals surface area (Å²) in [5.41, 5.74) is 0.277. The number of rotatable bonds is 3. The number of anilines is 1. The van der Waals surface area contributed by atoms with Gasteiger partial charge in [-0.05, 0) is 39.7 Å². The van der Waals surface area contributed by atoms with Crippen molar-refractivity contribution in [1.82, 2.24) is 14.9 Å². The maximum atomic E-state index is 12.4. The van der Waals surface area contributed by atoms with Crippen LogP contribution < -0.4 is 15.8 Å². The molecule has 1 saturated carbocycles. The summed E-state index contributed by atoms with van der Waals surface area (Å²) in [5, 5.41) is 3.38. The van der Waals surface area contributed by atoms with Crippen molar-refractivity contribution in [3.63, 3.8) is 0 Å². The van der Waals surface area contributed by atoms with Crippen molar-refractivity contribution in [1.29, 1.82) is 0 Å². The van der Waals surface area contributed by atoms with Gasteiger partial charge in [-0.15, -0.1) is 0 Å². The Morgan fingerprint density at radius 1 is 1.37 bits per heavy atom. The Kier molecular flexibility index (Phi) is 3.09. The fourth-order valence-corrected chi connectivity index (χ4v) is 2.73. The smallest absolute Gasteiger partial charge is 0.293 e. The van der Waals surface area contributed by atoms with E-state index in [1.165, 1.54) is 0 Å². The van der Waals surface area contributed by atoms with Gasteiger partial charge in [-0.1, -0.05) is 0 Å². The highest BCUT2D eigenvalue weighted by molar-refractivity contribution is 5.37. The van der Waals surface area contributed by atoms with Crippen molar-refractivity contribution in [2.75, 3.05) is 25.0 Å². The monoisotopic (exact) mass is 262 g/mol. The molecular weight excluding hydrogens is 240 g/mol. The lowest BCUT2D eigenvalue weighted by atomic mass is 9.90. The fraction of sp³-hybridized carbons (Fsp3) is 0.714. The van der Waals surface area contributed by atoms with E-state index in [1.54, 1.807) is 6.20 Å². The lowest BCUT2D eigenvalue weighted by Gasteiger charge is -2.39. The van der Waals surface area contributed by atoms with Gasteiger partial charge < -0.3 is 14.8 Å². The normalized spacial score (nSPS) is 22.5. The third kappa shape index (κ3) is 2.39. The van der Waals surface area contributed by atoms with Gasteiger partial charge in [-0.25, -0.2) is 4.98 Å². The predicted molar refractivity (Wildman–Crippen MR) is 75.7 cm³/mol. The average molecular weight is 262 g/mol. The minimum atomic E-state index is 0.0815. The zero-order valence-corrected chi connectivity index (χ0v) is 11.7. The molecule has 0 radical (unpaired) electrons. The molecule has 19 heavy (non-hydrogen) atoms. The second-order valence-electron chi connectivity index (χ2n) is 5.99. The molecule has 0 unspecified atom stereocenters. The average Bonchev–Trinajstić information content (AvgIpc) is 3.25. The van der Waals surface area contributed by atoms with E-state index in [0.29, 0.717) is 11.9 Å². The van der Waals surface area contributed by atoms with E-state index >= 15 is 0 Å². The molecule has 1 aromatic rings. The summed E-state index contributed by atoms with van der Waals surface area (Å²) in [6, 6.07) is 0.418. The molecule has 2 heterocycles. The lowest BCUT2D eigenvalue weighted by Crippen LogP contribution is -2.51. The molecule has 1 N–H and O–H groups in total. The van der Waals surface area contributed by atoms with Crippen LogP contribution >= 0.6 is 0 Å². The van der Waals surface area contributed by atoms with E-state index in [0.717, 1.165) is 38.8 Å². The van der Waals surface area contributed by atoms with Gasteiger partial charge in [0.2, 0.25) is 0 Å². The van der Waals surface area contributed by atoms with Crippen LogP contribution in [0, 0.1) is 0 Å². The molecule has 0 bridgehead atoms. The van der Waals surface area contributed by atoms with Gasteiger partial charge in [0, 0.05) is 37.1 Å². The highest BCUT2D eigenvalue weighted by atomic mass is 16.1. The standard InChI is InChI=1S/C14H22N4O/c1-14(15-2)5-8-17(9-6-14)12-13(19)18(10-7-16-12)11-3-4-11/h7,10-11,15H,3-6,8-9H2,1-2H3. The molecule has 0 spiro atoms. The predicted octanol–water partition coefficient (Wildman–Crippen LogP) is 1.16. The molecule has 2 fully saturated rings. The molecule has 1 aromatic heterocycles. The van der Waals surface area contributed by atoms with Crippen molar-refractivity contribution in [2.24, 2.45) is 0 Å². The van der Waals surface area contributed by atoms with Crippen molar-refractivity contribution < 1.29 is 0 Å². The van der Waals surface area contributed by atoms with Crippen LogP contribution in [0.25, 0.3) is 0 Å². The maximum absolute atomic E-state index is 12.4. The summed E-state index contributed by atoms with van der Waals surface area (Å²) >= 11 is 0. The van der Waals surface area contributed by atoms with Crippen LogP contribution in [-0.2, 0) is 0 Å². The summed E-state index contributed by atoms with van der Waals surface area (Å²) in [6.07, 6.45) is 7.93. The molecule has 1 aliphatic carbocycles. The molecule has 5 heteroatoms. The molecule has 0 amide bonds. The summed E-state index contributed by atoms with van der Waals surface area (Å²) in [7, 11) is 2.01. The Morgan fingerprint density at radius 3 is 2.63 bits per heavy atom. The zero-order valence-electron chi connectivity index (χ0n) is 11.7. The largest absolute Gasteiger partial charge is 0.352 e. The van der Waals surface area contributed by atoms with Crippen molar-refractivity contribution in [3.05, 3.63) is 22.7 Å². The number of piperidine rings is 1. The van der Waals surface area contributed by atoms with Crippen LogP contribution in [0.3, 0.4) is 0 Å². The number of nitrogens with zero attached hydrogens (tertiary/aromatic N) is 3. The number of nitrogens with one attached hydrogen (secondary N) is 1. The van der Waals surface area contributed by atoms with Gasteiger partial charge in [-0.3, -0.25) is 4.79 Å². The molecule has 1 saturated heterocycles. The molecule has 0 aromatic carbocycles. The van der Waals surface area contributed by atoms with Crippen molar-refractivity contribution in [3.8, 4) is 0 Å². The van der Waals surface area contributed by atoms with Gasteiger partial charge in [0.1, 0.15) is 0 Å². The first-order valence-corrected chi connectivity index (χ1v) is 7.14. The van der Waals surface area contributed by atoms with Crippen LogP contribution in [0.1, 0.15) is 38.6 Å². The minimum absolute atomic E-state index is 0.0815. The van der Waals surface area contributed by atoms with Crippen LogP contribution in [0.5, 0.6) is 0 Å². The van der Waals surface area contributed by atoms with E-state index < -0.39 is 0 Å². The first-order valence-electron chi connectivity index (χ1n) is 7.14. The Hall–Kier alpha value is -1.36. The molecule has 3 rings (SSSR count). The molecule has 1 aliphatic heterocycles. The van der Waals surface area contributed by atoms with Crippen LogP contribution in [-0.4, -0.2) is 35.2 Å². The first-order chi connectivity index (χ1) is 9.13. The summed E-state index contributed by atoms with van der Waals surface area (Å²) in [6.45, 7) is 4.04. The van der Waals surface area contributed by atoms with Crippen molar-refractivity contribution >= 4 is 5.82 Å². The quantitative estimate of drug-likeness (QED) is 0.888. The molecular formula is C14H22N4O. The Bertz CT molecular complexity index is 512. The number of hydrogen-bond acceptors (Lipinski definition) is 4. The van der Waals surface area contributed by atoms with Crippen LogP contribution in [0.4, 0.5) is 5.82 Å². The van der Waals surface area contributed by atoms with Crippen molar-refractivity contribution in [2.45, 2.75) is 44.2 Å². The van der Waals surface area contributed by atoms with Gasteiger partial charge in [0.25, 0.3) is 5.56 Å². The first kappa shape index (κ1) is 12.7. The second kappa shape index (κ2) is 4.63. The van der Waals surface area contributed by atoms with E-state index in [9.17, 15) is 4.79 Å². The van der Waals surface area contributed by atoms with Crippen LogP contribution in [0.15, 0.2) is 17.2 Å². The maximum Gasteiger partial charge on any atom is 0.293 e. The highest BCUT2D eigenvalue weighted by Gasteiger charge is 2.31. The molecule has 0 atom stereocenters. The third-order valence-electron chi connectivity index (χ3n) is 4.56. The molecule has 2 aliphatic rings. The number of hydrogen-bond donors (Lipinski definition) is 1. The Balaban J connectivity index is 1.80. The summed E-state index contributed by atoms with van der Waals surface area (Å²) in [5.74, 6) is 0.632. The second-order valence-corrected chi connectivity index (χ2v) is 5.99. The zero-order chi connectivity index (χ0) is 13.5. The van der Waals surface area contributed by atoms with Gasteiger partial charge in [0.05, 0.1) is 0 Å². The van der Waals surface area contributed by atoms with E-state index in [-0.39, 0.29) is 11.1 Å². The SMILES string of the molecule is CNC1(C)CCN(c2nccn(C3CC3)c2=O)CC1. The van der Waals surface area contributed by atoms with Gasteiger partial charge in [0.15, 0.2) is 5.82 Å². The summed E-state index contributed by atoms with van der Waals surface area (Å²) < 4.78 is 1.86. The number of aromatic nitrogens is 2. The lowest BCUT2D eigenvalue weighted by molar-refractivity contribution is 0.304. The molecule has 104 valence electrons.